The summed E-state index contributed by atoms with van der Waals surface area (Å²) in [6.45, 7) is 10.3. The Morgan fingerprint density at radius 3 is 2.45 bits per heavy atom. The Balaban J connectivity index is 2.97. The van der Waals surface area contributed by atoms with Gasteiger partial charge in [0.2, 0.25) is 0 Å². The second-order valence-electron chi connectivity index (χ2n) is 3.55. The van der Waals surface area contributed by atoms with Crippen molar-refractivity contribution in [3.8, 4) is 0 Å². The van der Waals surface area contributed by atoms with Gasteiger partial charge in [-0.05, 0) is 19.8 Å². The molecule has 1 aliphatic rings. The van der Waals surface area contributed by atoms with E-state index in [1.54, 1.807) is 0 Å². The van der Waals surface area contributed by atoms with Crippen LogP contribution < -0.4 is 0 Å². The molecule has 0 aromatic rings. The fourth-order valence-corrected chi connectivity index (χ4v) is 2.06. The summed E-state index contributed by atoms with van der Waals surface area (Å²) in [5.41, 5.74) is 2.24. The summed E-state index contributed by atoms with van der Waals surface area (Å²) < 4.78 is 0. The lowest BCUT2D eigenvalue weighted by molar-refractivity contribution is 0.134. The molecule has 0 radical (unpaired) electrons. The monoisotopic (exact) mass is 152 g/mol. The van der Waals surface area contributed by atoms with Gasteiger partial charge in [-0.25, -0.2) is 0 Å². The highest BCUT2D eigenvalue weighted by atomic mass is 16.3. The fourth-order valence-electron chi connectivity index (χ4n) is 2.06. The predicted molar refractivity (Wildman–Crippen MR) is 47.3 cm³/mol. The number of rotatable bonds is 2. The summed E-state index contributed by atoms with van der Waals surface area (Å²) in [5, 5.41) is 9.25. The standard InChI is InChI=1S/C10H16O/c1-7(2)10(6-11)8(3)5-9(10)4/h5,8,11H,1,6H2,2-4H3. The van der Waals surface area contributed by atoms with Crippen LogP contribution in [0.2, 0.25) is 0 Å². The van der Waals surface area contributed by atoms with Gasteiger partial charge in [-0.1, -0.05) is 30.7 Å². The van der Waals surface area contributed by atoms with Gasteiger partial charge in [-0.15, -0.1) is 0 Å². The number of aliphatic hydroxyl groups is 1. The molecule has 0 aliphatic heterocycles. The molecular weight excluding hydrogens is 136 g/mol. The summed E-state index contributed by atoms with van der Waals surface area (Å²) in [6, 6.07) is 0. The SMILES string of the molecule is C=C(C)C1(CO)C(C)=CC1C. The molecule has 1 aliphatic carbocycles. The molecule has 0 aromatic carbocycles. The van der Waals surface area contributed by atoms with E-state index < -0.39 is 0 Å². The largest absolute Gasteiger partial charge is 0.395 e. The second-order valence-corrected chi connectivity index (χ2v) is 3.55. The van der Waals surface area contributed by atoms with Crippen molar-refractivity contribution >= 4 is 0 Å². The van der Waals surface area contributed by atoms with Crippen molar-refractivity contribution in [3.05, 3.63) is 23.8 Å². The molecule has 2 unspecified atom stereocenters. The van der Waals surface area contributed by atoms with Gasteiger partial charge in [0.05, 0.1) is 6.61 Å². The van der Waals surface area contributed by atoms with Crippen LogP contribution in [0.4, 0.5) is 0 Å². The summed E-state index contributed by atoms with van der Waals surface area (Å²) in [6.07, 6.45) is 2.19. The smallest absolute Gasteiger partial charge is 0.0567 e. The highest BCUT2D eigenvalue weighted by Crippen LogP contribution is 2.49. The van der Waals surface area contributed by atoms with Crippen LogP contribution in [-0.4, -0.2) is 11.7 Å². The molecule has 1 nitrogen and oxygen atoms in total. The minimum Gasteiger partial charge on any atom is -0.395 e. The summed E-state index contributed by atoms with van der Waals surface area (Å²) >= 11 is 0. The van der Waals surface area contributed by atoms with Crippen LogP contribution in [0.5, 0.6) is 0 Å². The zero-order valence-electron chi connectivity index (χ0n) is 7.52. The quantitative estimate of drug-likeness (QED) is 0.601. The van der Waals surface area contributed by atoms with Gasteiger partial charge in [0.15, 0.2) is 0 Å². The Labute approximate surface area is 68.4 Å². The van der Waals surface area contributed by atoms with E-state index in [2.05, 4.69) is 26.5 Å². The molecule has 0 fully saturated rings. The molecule has 1 heteroatoms. The summed E-state index contributed by atoms with van der Waals surface area (Å²) in [4.78, 5) is 0. The summed E-state index contributed by atoms with van der Waals surface area (Å²) in [5.74, 6) is 0.449. The molecule has 0 spiro atoms. The second kappa shape index (κ2) is 2.49. The van der Waals surface area contributed by atoms with Crippen molar-refractivity contribution in [1.29, 1.82) is 0 Å². The molecule has 1 N–H and O–H groups in total. The molecule has 0 amide bonds. The zero-order valence-corrected chi connectivity index (χ0v) is 7.52. The minimum atomic E-state index is -0.0972. The highest BCUT2D eigenvalue weighted by Gasteiger charge is 2.43. The number of aliphatic hydroxyl groups excluding tert-OH is 1. The number of hydrogen-bond acceptors (Lipinski definition) is 1. The third-order valence-electron chi connectivity index (χ3n) is 2.99. The zero-order chi connectivity index (χ0) is 8.65. The van der Waals surface area contributed by atoms with Crippen molar-refractivity contribution in [2.45, 2.75) is 20.8 Å². The van der Waals surface area contributed by atoms with Gasteiger partial charge in [0, 0.05) is 5.41 Å². The van der Waals surface area contributed by atoms with Gasteiger partial charge in [-0.2, -0.15) is 0 Å². The summed E-state index contributed by atoms with van der Waals surface area (Å²) in [7, 11) is 0. The Hall–Kier alpha value is -0.560. The predicted octanol–water partition coefficient (Wildman–Crippen LogP) is 2.14. The topological polar surface area (TPSA) is 20.2 Å². The van der Waals surface area contributed by atoms with Crippen molar-refractivity contribution in [3.63, 3.8) is 0 Å². The molecule has 2 atom stereocenters. The van der Waals surface area contributed by atoms with E-state index in [-0.39, 0.29) is 12.0 Å². The average molecular weight is 152 g/mol. The maximum absolute atomic E-state index is 9.25. The first-order valence-electron chi connectivity index (χ1n) is 4.01. The van der Waals surface area contributed by atoms with Crippen molar-refractivity contribution < 1.29 is 5.11 Å². The molecule has 1 rings (SSSR count). The lowest BCUT2D eigenvalue weighted by Crippen LogP contribution is -2.41. The molecular formula is C10H16O. The van der Waals surface area contributed by atoms with Crippen molar-refractivity contribution in [2.75, 3.05) is 6.61 Å². The number of hydrogen-bond donors (Lipinski definition) is 1. The van der Waals surface area contributed by atoms with Gasteiger partial charge >= 0.3 is 0 Å². The fraction of sp³-hybridized carbons (Fsp3) is 0.600. The Kier molecular flexibility index (Phi) is 1.93. The minimum absolute atomic E-state index is 0.0972. The van der Waals surface area contributed by atoms with Crippen molar-refractivity contribution in [2.24, 2.45) is 11.3 Å². The van der Waals surface area contributed by atoms with Gasteiger partial charge in [0.25, 0.3) is 0 Å². The van der Waals surface area contributed by atoms with Crippen LogP contribution in [0.15, 0.2) is 23.8 Å². The van der Waals surface area contributed by atoms with E-state index >= 15 is 0 Å². The molecule has 0 saturated carbocycles. The molecule has 0 saturated heterocycles. The van der Waals surface area contributed by atoms with Crippen LogP contribution in [0.3, 0.4) is 0 Å². The van der Waals surface area contributed by atoms with Gasteiger partial charge in [-0.3, -0.25) is 0 Å². The molecule has 0 aromatic heterocycles. The van der Waals surface area contributed by atoms with Crippen molar-refractivity contribution in [1.82, 2.24) is 0 Å². The number of allylic oxidation sites excluding steroid dienone is 1. The molecule has 62 valence electrons. The third-order valence-corrected chi connectivity index (χ3v) is 2.99. The lowest BCUT2D eigenvalue weighted by atomic mass is 9.59. The van der Waals surface area contributed by atoms with Crippen LogP contribution in [0, 0.1) is 11.3 Å². The Morgan fingerprint density at radius 2 is 2.36 bits per heavy atom. The van der Waals surface area contributed by atoms with E-state index in [1.807, 2.05) is 6.92 Å². The molecule has 11 heavy (non-hydrogen) atoms. The third kappa shape index (κ3) is 0.875. The molecule has 0 heterocycles. The Morgan fingerprint density at radius 1 is 1.82 bits per heavy atom. The van der Waals surface area contributed by atoms with E-state index in [0.29, 0.717) is 5.92 Å². The van der Waals surface area contributed by atoms with Gasteiger partial charge < -0.3 is 5.11 Å². The van der Waals surface area contributed by atoms with Crippen LogP contribution in [0.1, 0.15) is 20.8 Å². The first kappa shape index (κ1) is 8.54. The van der Waals surface area contributed by atoms with Crippen LogP contribution in [0.25, 0.3) is 0 Å². The maximum Gasteiger partial charge on any atom is 0.0567 e. The normalized spacial score (nSPS) is 36.0. The van der Waals surface area contributed by atoms with E-state index in [0.717, 1.165) is 5.57 Å². The average Bonchev–Trinajstić information content (AvgIpc) is 1.88. The van der Waals surface area contributed by atoms with Crippen LogP contribution in [-0.2, 0) is 0 Å². The lowest BCUT2D eigenvalue weighted by Gasteiger charge is -2.46. The van der Waals surface area contributed by atoms with Gasteiger partial charge in [0.1, 0.15) is 0 Å². The highest BCUT2D eigenvalue weighted by molar-refractivity contribution is 5.37. The maximum atomic E-state index is 9.25. The van der Waals surface area contributed by atoms with E-state index in [4.69, 9.17) is 0 Å². The Bertz CT molecular complexity index is 215. The van der Waals surface area contributed by atoms with E-state index in [9.17, 15) is 5.11 Å². The molecule has 0 bridgehead atoms. The van der Waals surface area contributed by atoms with E-state index in [1.165, 1.54) is 5.57 Å². The van der Waals surface area contributed by atoms with Crippen LogP contribution >= 0.6 is 0 Å². The first-order valence-corrected chi connectivity index (χ1v) is 4.01. The first-order chi connectivity index (χ1) is 5.05.